The Bertz CT molecular complexity index is 1070. The van der Waals surface area contributed by atoms with Crippen molar-refractivity contribution in [2.24, 2.45) is 0 Å². The summed E-state index contributed by atoms with van der Waals surface area (Å²) in [7, 11) is 3.00. The molecule has 2 aromatic rings. The van der Waals surface area contributed by atoms with Gasteiger partial charge < -0.3 is 9.47 Å². The molecule has 0 bridgehead atoms. The number of carbonyl (C=O) groups is 2. The molecule has 2 aromatic carbocycles. The fraction of sp³-hybridized carbons (Fsp3) is 0.105. The minimum Gasteiger partial charge on any atom is -0.493 e. The number of ether oxygens (including phenoxy) is 2. The van der Waals surface area contributed by atoms with Crippen LogP contribution >= 0.6 is 24.0 Å². The Morgan fingerprint density at radius 1 is 1.20 bits per heavy atom. The third-order valence-corrected chi connectivity index (χ3v) is 5.37. The van der Waals surface area contributed by atoms with Gasteiger partial charge in [0, 0.05) is 23.3 Å². The van der Waals surface area contributed by atoms with Gasteiger partial charge in [-0.05, 0) is 36.5 Å². The molecule has 30 heavy (non-hydrogen) atoms. The van der Waals surface area contributed by atoms with Crippen molar-refractivity contribution in [1.29, 1.82) is 0 Å². The Hall–Kier alpha value is -3.44. The number of carbonyl (C=O) groups excluding carboxylic acids is 2. The van der Waals surface area contributed by atoms with Gasteiger partial charge in [0.05, 0.1) is 24.0 Å². The van der Waals surface area contributed by atoms with E-state index in [1.807, 2.05) is 0 Å². The van der Waals surface area contributed by atoms with Crippen molar-refractivity contribution in [2.45, 2.75) is 0 Å². The first kappa shape index (κ1) is 21.3. The SMILES string of the molecule is COc1cccc(/C=C2\SC(=S)N(NC(=O)c3ccc([N+](=O)[O-])cc3)C2=O)c1OC. The van der Waals surface area contributed by atoms with E-state index in [9.17, 15) is 19.7 Å². The minimum atomic E-state index is -0.624. The van der Waals surface area contributed by atoms with E-state index in [4.69, 9.17) is 21.7 Å². The highest BCUT2D eigenvalue weighted by Crippen LogP contribution is 2.36. The van der Waals surface area contributed by atoms with Gasteiger partial charge in [-0.25, -0.2) is 0 Å². The molecule has 11 heteroatoms. The maximum atomic E-state index is 12.8. The normalized spacial score (nSPS) is 14.7. The number of nitrogens with one attached hydrogen (secondary N) is 1. The maximum absolute atomic E-state index is 12.8. The van der Waals surface area contributed by atoms with E-state index >= 15 is 0 Å². The van der Waals surface area contributed by atoms with Crippen molar-refractivity contribution in [1.82, 2.24) is 10.4 Å². The molecule has 0 aromatic heterocycles. The lowest BCUT2D eigenvalue weighted by atomic mass is 10.1. The van der Waals surface area contributed by atoms with Gasteiger partial charge in [0.1, 0.15) is 0 Å². The lowest BCUT2D eigenvalue weighted by molar-refractivity contribution is -0.384. The molecule has 0 unspecified atom stereocenters. The van der Waals surface area contributed by atoms with Gasteiger partial charge in [-0.2, -0.15) is 5.01 Å². The third-order valence-electron chi connectivity index (χ3n) is 4.07. The number of hydrogen-bond donors (Lipinski definition) is 1. The number of benzene rings is 2. The number of hydrazine groups is 1. The second kappa shape index (κ2) is 8.93. The van der Waals surface area contributed by atoms with Gasteiger partial charge >= 0.3 is 0 Å². The number of non-ortho nitro benzene ring substituents is 1. The highest BCUT2D eigenvalue weighted by atomic mass is 32.2. The first-order chi connectivity index (χ1) is 14.3. The molecule has 1 heterocycles. The molecule has 1 fully saturated rings. The Labute approximate surface area is 180 Å². The second-order valence-corrected chi connectivity index (χ2v) is 7.52. The molecule has 0 aliphatic carbocycles. The predicted molar refractivity (Wildman–Crippen MR) is 115 cm³/mol. The van der Waals surface area contributed by atoms with Crippen molar-refractivity contribution in [3.63, 3.8) is 0 Å². The van der Waals surface area contributed by atoms with Gasteiger partial charge in [-0.3, -0.25) is 25.1 Å². The zero-order chi connectivity index (χ0) is 21.8. The first-order valence-corrected chi connectivity index (χ1v) is 9.62. The van der Waals surface area contributed by atoms with Crippen LogP contribution in [0.3, 0.4) is 0 Å². The van der Waals surface area contributed by atoms with E-state index in [0.717, 1.165) is 16.8 Å². The summed E-state index contributed by atoms with van der Waals surface area (Å²) >= 11 is 6.23. The fourth-order valence-corrected chi connectivity index (χ4v) is 3.80. The number of hydrogen-bond acceptors (Lipinski definition) is 8. The van der Waals surface area contributed by atoms with Gasteiger partial charge in [0.2, 0.25) is 0 Å². The molecular formula is C19H15N3O6S2. The average Bonchev–Trinajstić information content (AvgIpc) is 3.00. The van der Waals surface area contributed by atoms with Crippen LogP contribution in [-0.4, -0.2) is 40.3 Å². The summed E-state index contributed by atoms with van der Waals surface area (Å²) in [6.07, 6.45) is 1.60. The minimum absolute atomic E-state index is 0.142. The Kier molecular flexibility index (Phi) is 6.33. The standard InChI is InChI=1S/C19H15N3O6S2/c1-27-14-5-3-4-12(16(14)28-2)10-15-18(24)21(19(29)30-15)20-17(23)11-6-8-13(9-7-11)22(25)26/h3-10H,1-2H3,(H,20,23)/b15-10-. The van der Waals surface area contributed by atoms with Crippen LogP contribution in [0.25, 0.3) is 6.08 Å². The van der Waals surface area contributed by atoms with Gasteiger partial charge in [0.25, 0.3) is 17.5 Å². The largest absolute Gasteiger partial charge is 0.493 e. The molecule has 1 saturated heterocycles. The molecule has 3 rings (SSSR count). The van der Waals surface area contributed by atoms with E-state index in [0.29, 0.717) is 17.1 Å². The van der Waals surface area contributed by atoms with Gasteiger partial charge in [-0.1, -0.05) is 23.9 Å². The number of nitro groups is 1. The number of thiocarbonyl (C=S) groups is 1. The lowest BCUT2D eigenvalue weighted by Crippen LogP contribution is -2.44. The topological polar surface area (TPSA) is 111 Å². The van der Waals surface area contributed by atoms with Crippen LogP contribution < -0.4 is 14.9 Å². The molecule has 1 N–H and O–H groups in total. The Morgan fingerprint density at radius 2 is 1.90 bits per heavy atom. The molecule has 0 atom stereocenters. The number of rotatable bonds is 6. The van der Waals surface area contributed by atoms with Crippen LogP contribution in [0.4, 0.5) is 5.69 Å². The van der Waals surface area contributed by atoms with Crippen molar-refractivity contribution in [2.75, 3.05) is 14.2 Å². The van der Waals surface area contributed by atoms with Crippen molar-refractivity contribution >= 4 is 51.9 Å². The van der Waals surface area contributed by atoms with Crippen LogP contribution in [0.2, 0.25) is 0 Å². The van der Waals surface area contributed by atoms with Crippen molar-refractivity contribution < 1.29 is 24.0 Å². The number of amides is 2. The molecule has 2 amide bonds. The second-order valence-electron chi connectivity index (χ2n) is 5.84. The molecule has 9 nitrogen and oxygen atoms in total. The quantitative estimate of drug-likeness (QED) is 0.312. The smallest absolute Gasteiger partial charge is 0.285 e. The zero-order valence-electron chi connectivity index (χ0n) is 15.8. The Balaban J connectivity index is 1.80. The van der Waals surface area contributed by atoms with E-state index in [2.05, 4.69) is 5.43 Å². The molecule has 154 valence electrons. The number of thioether (sulfide) groups is 1. The van der Waals surface area contributed by atoms with Crippen molar-refractivity contribution in [3.05, 3.63) is 68.6 Å². The monoisotopic (exact) mass is 445 g/mol. The summed E-state index contributed by atoms with van der Waals surface area (Å²) in [6.45, 7) is 0. The van der Waals surface area contributed by atoms with Crippen molar-refractivity contribution in [3.8, 4) is 11.5 Å². The highest BCUT2D eigenvalue weighted by molar-refractivity contribution is 8.26. The van der Waals surface area contributed by atoms with E-state index < -0.39 is 16.7 Å². The summed E-state index contributed by atoms with van der Waals surface area (Å²) < 4.78 is 10.8. The fourth-order valence-electron chi connectivity index (χ4n) is 2.63. The summed E-state index contributed by atoms with van der Waals surface area (Å²) in [6, 6.07) is 10.2. The molecule has 1 aliphatic heterocycles. The van der Waals surface area contributed by atoms with Crippen LogP contribution in [0.5, 0.6) is 11.5 Å². The van der Waals surface area contributed by atoms with Gasteiger partial charge in [0.15, 0.2) is 15.8 Å². The molecular weight excluding hydrogens is 430 g/mol. The van der Waals surface area contributed by atoms with Crippen LogP contribution in [-0.2, 0) is 4.79 Å². The summed E-state index contributed by atoms with van der Waals surface area (Å²) in [5, 5.41) is 11.7. The number of nitrogens with zero attached hydrogens (tertiary/aromatic N) is 2. The lowest BCUT2D eigenvalue weighted by Gasteiger charge is -2.15. The number of para-hydroxylation sites is 1. The first-order valence-electron chi connectivity index (χ1n) is 8.40. The number of nitro benzene ring substituents is 1. The highest BCUT2D eigenvalue weighted by Gasteiger charge is 2.34. The summed E-state index contributed by atoms with van der Waals surface area (Å²) in [5.41, 5.74) is 3.04. The maximum Gasteiger partial charge on any atom is 0.285 e. The third kappa shape index (κ3) is 4.26. The average molecular weight is 445 g/mol. The van der Waals surface area contributed by atoms with Gasteiger partial charge in [-0.15, -0.1) is 0 Å². The van der Waals surface area contributed by atoms with Crippen LogP contribution in [0.15, 0.2) is 47.4 Å². The Morgan fingerprint density at radius 3 is 2.50 bits per heavy atom. The van der Waals surface area contributed by atoms with E-state index in [-0.39, 0.29) is 20.5 Å². The van der Waals surface area contributed by atoms with E-state index in [1.165, 1.54) is 38.5 Å². The van der Waals surface area contributed by atoms with Crippen LogP contribution in [0, 0.1) is 10.1 Å². The summed E-state index contributed by atoms with van der Waals surface area (Å²) in [4.78, 5) is 35.6. The van der Waals surface area contributed by atoms with Crippen LogP contribution in [0.1, 0.15) is 15.9 Å². The predicted octanol–water partition coefficient (Wildman–Crippen LogP) is 3.16. The summed E-state index contributed by atoms with van der Waals surface area (Å²) in [5.74, 6) is -0.167. The molecule has 0 spiro atoms. The number of methoxy groups -OCH3 is 2. The molecule has 0 radical (unpaired) electrons. The van der Waals surface area contributed by atoms with E-state index in [1.54, 1.807) is 24.3 Å². The molecule has 1 aliphatic rings. The molecule has 0 saturated carbocycles. The zero-order valence-corrected chi connectivity index (χ0v) is 17.4.